The Morgan fingerprint density at radius 1 is 1.19 bits per heavy atom. The molecule has 0 bridgehead atoms. The molecule has 21 heavy (non-hydrogen) atoms. The molecule has 0 radical (unpaired) electrons. The van der Waals surface area contributed by atoms with E-state index in [0.29, 0.717) is 6.54 Å². The maximum atomic E-state index is 11.8. The standard InChI is InChI=1S/C16H26N2O2S/c1-3-13-6-7-15(12-14(13)4-2)18-16(20)17-8-11-21-10-5-9-19/h6-7,12,19H,3-5,8-11H2,1-2H3,(H2,17,18,20). The molecule has 3 N–H and O–H groups in total. The summed E-state index contributed by atoms with van der Waals surface area (Å²) in [6, 6.07) is 5.92. The van der Waals surface area contributed by atoms with Gasteiger partial charge in [0.1, 0.15) is 0 Å². The molecular weight excluding hydrogens is 284 g/mol. The van der Waals surface area contributed by atoms with Crippen LogP contribution in [-0.4, -0.2) is 35.8 Å². The zero-order chi connectivity index (χ0) is 15.5. The third kappa shape index (κ3) is 6.87. The first-order chi connectivity index (χ1) is 10.2. The smallest absolute Gasteiger partial charge is 0.319 e. The van der Waals surface area contributed by atoms with Gasteiger partial charge in [-0.05, 0) is 48.3 Å². The van der Waals surface area contributed by atoms with E-state index in [2.05, 4.69) is 36.6 Å². The summed E-state index contributed by atoms with van der Waals surface area (Å²) in [6.45, 7) is 5.13. The molecule has 0 aliphatic carbocycles. The second-order valence-electron chi connectivity index (χ2n) is 4.76. The molecule has 0 saturated heterocycles. The topological polar surface area (TPSA) is 61.4 Å². The molecule has 0 unspecified atom stereocenters. The number of rotatable bonds is 9. The van der Waals surface area contributed by atoms with Crippen LogP contribution in [0.2, 0.25) is 0 Å². The van der Waals surface area contributed by atoms with E-state index in [1.807, 2.05) is 6.07 Å². The van der Waals surface area contributed by atoms with E-state index >= 15 is 0 Å². The van der Waals surface area contributed by atoms with Crippen LogP contribution in [0, 0.1) is 0 Å². The Hall–Kier alpha value is -1.20. The van der Waals surface area contributed by atoms with Gasteiger partial charge in [-0.3, -0.25) is 0 Å². The lowest BCUT2D eigenvalue weighted by Crippen LogP contribution is -2.30. The van der Waals surface area contributed by atoms with Gasteiger partial charge in [0.2, 0.25) is 0 Å². The molecule has 0 fully saturated rings. The Kier molecular flexibility index (Phi) is 8.94. The molecular formula is C16H26N2O2S. The van der Waals surface area contributed by atoms with Gasteiger partial charge in [-0.25, -0.2) is 4.79 Å². The predicted octanol–water partition coefficient (Wildman–Crippen LogP) is 3.05. The van der Waals surface area contributed by atoms with Crippen LogP contribution in [0.3, 0.4) is 0 Å². The fourth-order valence-electron chi connectivity index (χ4n) is 2.06. The lowest BCUT2D eigenvalue weighted by Gasteiger charge is -2.11. The van der Waals surface area contributed by atoms with E-state index in [1.165, 1.54) is 11.1 Å². The van der Waals surface area contributed by atoms with Crippen molar-refractivity contribution in [1.29, 1.82) is 0 Å². The number of anilines is 1. The van der Waals surface area contributed by atoms with Crippen molar-refractivity contribution in [3.05, 3.63) is 29.3 Å². The molecule has 1 aromatic rings. The number of urea groups is 1. The molecule has 118 valence electrons. The molecule has 0 spiro atoms. The maximum absolute atomic E-state index is 11.8. The minimum Gasteiger partial charge on any atom is -0.396 e. The highest BCUT2D eigenvalue weighted by Gasteiger charge is 2.04. The van der Waals surface area contributed by atoms with Crippen molar-refractivity contribution in [3.63, 3.8) is 0 Å². The van der Waals surface area contributed by atoms with E-state index in [0.717, 1.165) is 36.5 Å². The normalized spacial score (nSPS) is 10.4. The molecule has 0 aliphatic heterocycles. The average Bonchev–Trinajstić information content (AvgIpc) is 2.50. The number of benzene rings is 1. The van der Waals surface area contributed by atoms with Crippen LogP contribution < -0.4 is 10.6 Å². The van der Waals surface area contributed by atoms with E-state index < -0.39 is 0 Å². The molecule has 5 heteroatoms. The lowest BCUT2D eigenvalue weighted by atomic mass is 10.0. The molecule has 0 heterocycles. The Balaban J connectivity index is 2.34. The van der Waals surface area contributed by atoms with Crippen LogP contribution in [-0.2, 0) is 12.8 Å². The van der Waals surface area contributed by atoms with Crippen LogP contribution >= 0.6 is 11.8 Å². The van der Waals surface area contributed by atoms with Gasteiger partial charge in [-0.1, -0.05) is 19.9 Å². The largest absolute Gasteiger partial charge is 0.396 e. The van der Waals surface area contributed by atoms with Crippen LogP contribution in [0.1, 0.15) is 31.4 Å². The van der Waals surface area contributed by atoms with E-state index in [4.69, 9.17) is 5.11 Å². The van der Waals surface area contributed by atoms with Gasteiger partial charge in [0, 0.05) is 24.6 Å². The highest BCUT2D eigenvalue weighted by molar-refractivity contribution is 7.99. The number of carbonyl (C=O) groups is 1. The quantitative estimate of drug-likeness (QED) is 0.614. The minimum absolute atomic E-state index is 0.163. The molecule has 1 rings (SSSR count). The molecule has 0 atom stereocenters. The Morgan fingerprint density at radius 3 is 2.62 bits per heavy atom. The number of amides is 2. The van der Waals surface area contributed by atoms with E-state index in [-0.39, 0.29) is 12.6 Å². The Labute approximate surface area is 131 Å². The van der Waals surface area contributed by atoms with Crippen molar-refractivity contribution in [2.75, 3.05) is 30.0 Å². The first-order valence-corrected chi connectivity index (χ1v) is 8.72. The van der Waals surface area contributed by atoms with Gasteiger partial charge in [-0.2, -0.15) is 11.8 Å². The summed E-state index contributed by atoms with van der Waals surface area (Å²) in [5, 5.41) is 14.4. The van der Waals surface area contributed by atoms with Crippen LogP contribution in [0.25, 0.3) is 0 Å². The zero-order valence-corrected chi connectivity index (χ0v) is 13.8. The van der Waals surface area contributed by atoms with Gasteiger partial charge in [0.05, 0.1) is 0 Å². The summed E-state index contributed by atoms with van der Waals surface area (Å²) in [6.07, 6.45) is 2.79. The fourth-order valence-corrected chi connectivity index (χ4v) is 2.84. The van der Waals surface area contributed by atoms with Crippen molar-refractivity contribution < 1.29 is 9.90 Å². The first kappa shape index (κ1) is 17.9. The molecule has 2 amide bonds. The summed E-state index contributed by atoms with van der Waals surface area (Å²) >= 11 is 1.73. The number of hydrogen-bond donors (Lipinski definition) is 3. The number of aliphatic hydroxyl groups excluding tert-OH is 1. The average molecular weight is 310 g/mol. The van der Waals surface area contributed by atoms with Gasteiger partial charge >= 0.3 is 6.03 Å². The van der Waals surface area contributed by atoms with Gasteiger partial charge in [-0.15, -0.1) is 0 Å². The Morgan fingerprint density at radius 2 is 1.95 bits per heavy atom. The summed E-state index contributed by atoms with van der Waals surface area (Å²) in [4.78, 5) is 11.8. The number of carbonyl (C=O) groups excluding carboxylic acids is 1. The Bertz CT molecular complexity index is 438. The highest BCUT2D eigenvalue weighted by atomic mass is 32.2. The highest BCUT2D eigenvalue weighted by Crippen LogP contribution is 2.17. The molecule has 0 aromatic heterocycles. The number of hydrogen-bond acceptors (Lipinski definition) is 3. The molecule has 1 aromatic carbocycles. The number of thioether (sulfide) groups is 1. The van der Waals surface area contributed by atoms with Gasteiger partial charge in [0.25, 0.3) is 0 Å². The SMILES string of the molecule is CCc1ccc(NC(=O)NCCSCCCO)cc1CC. The third-order valence-corrected chi connectivity index (χ3v) is 4.27. The van der Waals surface area contributed by atoms with E-state index in [1.54, 1.807) is 11.8 Å². The molecule has 0 saturated carbocycles. The maximum Gasteiger partial charge on any atom is 0.319 e. The summed E-state index contributed by atoms with van der Waals surface area (Å²) < 4.78 is 0. The molecule has 0 aliphatic rings. The number of nitrogens with one attached hydrogen (secondary N) is 2. The van der Waals surface area contributed by atoms with Crippen LogP contribution in [0.5, 0.6) is 0 Å². The monoisotopic (exact) mass is 310 g/mol. The lowest BCUT2D eigenvalue weighted by molar-refractivity contribution is 0.252. The van der Waals surface area contributed by atoms with Gasteiger partial charge in [0.15, 0.2) is 0 Å². The summed E-state index contributed by atoms with van der Waals surface area (Å²) in [7, 11) is 0. The number of aliphatic hydroxyl groups is 1. The third-order valence-electron chi connectivity index (χ3n) is 3.20. The van der Waals surface area contributed by atoms with Crippen LogP contribution in [0.4, 0.5) is 10.5 Å². The van der Waals surface area contributed by atoms with Gasteiger partial charge < -0.3 is 15.7 Å². The van der Waals surface area contributed by atoms with Crippen molar-refractivity contribution >= 4 is 23.5 Å². The molecule has 4 nitrogen and oxygen atoms in total. The van der Waals surface area contributed by atoms with Crippen molar-refractivity contribution in [1.82, 2.24) is 5.32 Å². The number of aryl methyl sites for hydroxylation is 2. The van der Waals surface area contributed by atoms with Crippen molar-refractivity contribution in [2.24, 2.45) is 0 Å². The summed E-state index contributed by atoms with van der Waals surface area (Å²) in [5.41, 5.74) is 3.47. The van der Waals surface area contributed by atoms with Crippen molar-refractivity contribution in [2.45, 2.75) is 33.1 Å². The van der Waals surface area contributed by atoms with E-state index in [9.17, 15) is 4.79 Å². The summed E-state index contributed by atoms with van der Waals surface area (Å²) in [5.74, 6) is 1.79. The second kappa shape index (κ2) is 10.5. The zero-order valence-electron chi connectivity index (χ0n) is 12.9. The second-order valence-corrected chi connectivity index (χ2v) is 5.99. The first-order valence-electron chi connectivity index (χ1n) is 7.56. The fraction of sp³-hybridized carbons (Fsp3) is 0.562. The van der Waals surface area contributed by atoms with Crippen molar-refractivity contribution in [3.8, 4) is 0 Å². The predicted molar refractivity (Wildman–Crippen MR) is 91.2 cm³/mol. The minimum atomic E-state index is -0.163. The van der Waals surface area contributed by atoms with Crippen LogP contribution in [0.15, 0.2) is 18.2 Å².